The van der Waals surface area contributed by atoms with Gasteiger partial charge in [0.15, 0.2) is 11.4 Å². The Hall–Kier alpha value is -1.97. The number of carbonyl (C=O) groups is 1. The Kier molecular flexibility index (Phi) is 3.19. The van der Waals surface area contributed by atoms with Crippen LogP contribution >= 0.6 is 0 Å². The lowest BCUT2D eigenvalue weighted by molar-refractivity contribution is -0.125. The van der Waals surface area contributed by atoms with Gasteiger partial charge in [0.1, 0.15) is 5.60 Å². The largest absolute Gasteiger partial charge is 0.382 e. The third kappa shape index (κ3) is 2.01. The third-order valence-electron chi connectivity index (χ3n) is 4.53. The molecule has 0 spiro atoms. The quantitative estimate of drug-likeness (QED) is 0.889. The van der Waals surface area contributed by atoms with Crippen molar-refractivity contribution in [3.8, 4) is 0 Å². The number of hydrogen-bond donors (Lipinski definition) is 2. The molecule has 0 unspecified atom stereocenters. The van der Waals surface area contributed by atoms with Crippen LogP contribution in [0.1, 0.15) is 34.8 Å². The number of rotatable bonds is 2. The van der Waals surface area contributed by atoms with Crippen molar-refractivity contribution >= 4 is 5.78 Å². The highest BCUT2D eigenvalue weighted by atomic mass is 16.4. The van der Waals surface area contributed by atoms with Crippen molar-refractivity contribution in [3.05, 3.63) is 71.3 Å². The SMILES string of the molecule is C[C@](O)(c1ccccc1)[C@]1(O)CCc2ccccc2C1=O. The number of aliphatic hydroxyl groups is 2. The van der Waals surface area contributed by atoms with E-state index in [1.165, 1.54) is 6.92 Å². The summed E-state index contributed by atoms with van der Waals surface area (Å²) in [6.07, 6.45) is 0.784. The van der Waals surface area contributed by atoms with Crippen LogP contribution in [0, 0.1) is 0 Å². The number of ketones is 1. The summed E-state index contributed by atoms with van der Waals surface area (Å²) in [6, 6.07) is 16.1. The molecule has 3 rings (SSSR count). The highest BCUT2D eigenvalue weighted by Gasteiger charge is 2.54. The van der Waals surface area contributed by atoms with E-state index in [0.29, 0.717) is 17.5 Å². The first-order valence-electron chi connectivity index (χ1n) is 7.10. The van der Waals surface area contributed by atoms with Gasteiger partial charge in [-0.3, -0.25) is 4.79 Å². The van der Waals surface area contributed by atoms with Crippen molar-refractivity contribution in [2.75, 3.05) is 0 Å². The molecule has 0 amide bonds. The number of benzene rings is 2. The molecule has 0 bridgehead atoms. The molecule has 1 aliphatic carbocycles. The van der Waals surface area contributed by atoms with Crippen LogP contribution in [0.25, 0.3) is 0 Å². The molecule has 2 N–H and O–H groups in total. The topological polar surface area (TPSA) is 57.5 Å². The second-order valence-electron chi connectivity index (χ2n) is 5.78. The van der Waals surface area contributed by atoms with E-state index in [1.54, 1.807) is 36.4 Å². The number of Topliss-reactive ketones (excluding diaryl/α,β-unsaturated/α-hetero) is 1. The van der Waals surface area contributed by atoms with Gasteiger partial charge < -0.3 is 10.2 Å². The highest BCUT2D eigenvalue weighted by molar-refractivity contribution is 6.05. The van der Waals surface area contributed by atoms with Crippen molar-refractivity contribution in [1.29, 1.82) is 0 Å². The van der Waals surface area contributed by atoms with Crippen LogP contribution in [0.5, 0.6) is 0 Å². The zero-order valence-corrected chi connectivity index (χ0v) is 11.9. The average Bonchev–Trinajstić information content (AvgIpc) is 2.52. The second kappa shape index (κ2) is 4.79. The molecule has 108 valence electrons. The summed E-state index contributed by atoms with van der Waals surface area (Å²) >= 11 is 0. The number of aryl methyl sites for hydroxylation is 1. The van der Waals surface area contributed by atoms with Crippen molar-refractivity contribution in [1.82, 2.24) is 0 Å². The molecule has 1 aliphatic rings. The Morgan fingerprint density at radius 1 is 1.05 bits per heavy atom. The summed E-state index contributed by atoms with van der Waals surface area (Å²) in [4.78, 5) is 12.7. The van der Waals surface area contributed by atoms with Gasteiger partial charge in [0.2, 0.25) is 0 Å². The van der Waals surface area contributed by atoms with E-state index in [4.69, 9.17) is 0 Å². The molecule has 0 fully saturated rings. The molecule has 0 aliphatic heterocycles. The van der Waals surface area contributed by atoms with Crippen molar-refractivity contribution in [3.63, 3.8) is 0 Å². The molecule has 0 heterocycles. The fourth-order valence-electron chi connectivity index (χ4n) is 3.08. The van der Waals surface area contributed by atoms with Crippen LogP contribution in [0.3, 0.4) is 0 Å². The van der Waals surface area contributed by atoms with Gasteiger partial charge in [0, 0.05) is 5.56 Å². The lowest BCUT2D eigenvalue weighted by Gasteiger charge is -2.43. The Labute approximate surface area is 123 Å². The molecule has 21 heavy (non-hydrogen) atoms. The Balaban J connectivity index is 2.08. The fraction of sp³-hybridized carbons (Fsp3) is 0.278. The van der Waals surface area contributed by atoms with E-state index >= 15 is 0 Å². The van der Waals surface area contributed by atoms with Crippen molar-refractivity contribution < 1.29 is 15.0 Å². The van der Waals surface area contributed by atoms with Crippen LogP contribution < -0.4 is 0 Å². The minimum atomic E-state index is -1.80. The molecule has 2 aromatic carbocycles. The number of hydrogen-bond acceptors (Lipinski definition) is 3. The van der Waals surface area contributed by atoms with Crippen LogP contribution in [0.15, 0.2) is 54.6 Å². The smallest absolute Gasteiger partial charge is 0.197 e. The first-order valence-corrected chi connectivity index (χ1v) is 7.10. The molecular formula is C18H18O3. The van der Waals surface area contributed by atoms with Gasteiger partial charge in [-0.2, -0.15) is 0 Å². The molecule has 2 aromatic rings. The van der Waals surface area contributed by atoms with Gasteiger partial charge in [-0.15, -0.1) is 0 Å². The minimum Gasteiger partial charge on any atom is -0.382 e. The van der Waals surface area contributed by atoms with E-state index in [1.807, 2.05) is 18.2 Å². The van der Waals surface area contributed by atoms with Gasteiger partial charge in [-0.25, -0.2) is 0 Å². The highest BCUT2D eigenvalue weighted by Crippen LogP contribution is 2.41. The van der Waals surface area contributed by atoms with Gasteiger partial charge in [0.25, 0.3) is 0 Å². The lowest BCUT2D eigenvalue weighted by atomic mass is 9.68. The van der Waals surface area contributed by atoms with E-state index in [2.05, 4.69) is 0 Å². The summed E-state index contributed by atoms with van der Waals surface area (Å²) in [6.45, 7) is 1.51. The van der Waals surface area contributed by atoms with Crippen LogP contribution in [-0.2, 0) is 12.0 Å². The van der Waals surface area contributed by atoms with E-state index in [-0.39, 0.29) is 6.42 Å². The third-order valence-corrected chi connectivity index (χ3v) is 4.53. The summed E-state index contributed by atoms with van der Waals surface area (Å²) in [5.41, 5.74) is -1.46. The van der Waals surface area contributed by atoms with Crippen molar-refractivity contribution in [2.24, 2.45) is 0 Å². The Morgan fingerprint density at radius 2 is 1.67 bits per heavy atom. The zero-order valence-electron chi connectivity index (χ0n) is 11.9. The monoisotopic (exact) mass is 282 g/mol. The van der Waals surface area contributed by atoms with Crippen LogP contribution in [-0.4, -0.2) is 21.6 Å². The molecular weight excluding hydrogens is 264 g/mol. The molecule has 3 nitrogen and oxygen atoms in total. The van der Waals surface area contributed by atoms with Gasteiger partial charge in [-0.1, -0.05) is 54.6 Å². The summed E-state index contributed by atoms with van der Waals surface area (Å²) in [5.74, 6) is -0.404. The standard InChI is InChI=1S/C18H18O3/c1-17(20,14-8-3-2-4-9-14)18(21)12-11-13-7-5-6-10-15(13)16(18)19/h2-10,20-21H,11-12H2,1H3/t17-,18-/m0/s1. The molecule has 0 saturated carbocycles. The maximum absolute atomic E-state index is 12.7. The Bertz CT molecular complexity index is 676. The molecule has 0 aromatic heterocycles. The van der Waals surface area contributed by atoms with Crippen LogP contribution in [0.4, 0.5) is 0 Å². The average molecular weight is 282 g/mol. The zero-order chi connectivity index (χ0) is 15.1. The fourth-order valence-corrected chi connectivity index (χ4v) is 3.08. The molecule has 3 heteroatoms. The van der Waals surface area contributed by atoms with Gasteiger partial charge in [0.05, 0.1) is 0 Å². The van der Waals surface area contributed by atoms with E-state index in [9.17, 15) is 15.0 Å². The van der Waals surface area contributed by atoms with Gasteiger partial charge in [-0.05, 0) is 30.9 Å². The maximum atomic E-state index is 12.7. The van der Waals surface area contributed by atoms with E-state index in [0.717, 1.165) is 5.56 Å². The number of carbonyl (C=O) groups excluding carboxylic acids is 1. The minimum absolute atomic E-state index is 0.213. The predicted molar refractivity (Wildman–Crippen MR) is 80.1 cm³/mol. The molecule has 0 saturated heterocycles. The summed E-state index contributed by atoms with van der Waals surface area (Å²) < 4.78 is 0. The molecule has 0 radical (unpaired) electrons. The normalized spacial score (nSPS) is 24.2. The maximum Gasteiger partial charge on any atom is 0.197 e. The second-order valence-corrected chi connectivity index (χ2v) is 5.78. The van der Waals surface area contributed by atoms with Crippen molar-refractivity contribution in [2.45, 2.75) is 31.0 Å². The van der Waals surface area contributed by atoms with Gasteiger partial charge >= 0.3 is 0 Å². The first-order chi connectivity index (χ1) is 9.97. The lowest BCUT2D eigenvalue weighted by Crippen LogP contribution is -2.57. The summed E-state index contributed by atoms with van der Waals surface area (Å²) in [7, 11) is 0. The van der Waals surface area contributed by atoms with Crippen LogP contribution in [0.2, 0.25) is 0 Å². The molecule has 2 atom stereocenters. The number of fused-ring (bicyclic) bond motifs is 1. The first kappa shape index (κ1) is 14.0. The summed E-state index contributed by atoms with van der Waals surface area (Å²) in [5, 5.41) is 21.9. The van der Waals surface area contributed by atoms with E-state index < -0.39 is 17.0 Å². The Morgan fingerprint density at radius 3 is 2.38 bits per heavy atom. The predicted octanol–water partition coefficient (Wildman–Crippen LogP) is 2.45.